The van der Waals surface area contributed by atoms with Gasteiger partial charge in [-0.3, -0.25) is 23.9 Å². The van der Waals surface area contributed by atoms with E-state index in [4.69, 9.17) is 4.74 Å². The standard InChI is InChI=1S/C27H26N6O7/c1-7-8-32-18-23(31(6)26(39)29-24(18)38)28-25(32)33-13-9-14-27(5,22(37)15(13)11(3)30-33)17-20(36)10(2)19(35)16(12(4)34)21(17)40-14/h9,35-36H,7-8H2,1-6H3,(H,29,38,39). The van der Waals surface area contributed by atoms with E-state index in [1.807, 2.05) is 6.92 Å². The number of aromatic amines is 1. The number of imidazole rings is 1. The van der Waals surface area contributed by atoms with Gasteiger partial charge in [0.25, 0.3) is 5.56 Å². The summed E-state index contributed by atoms with van der Waals surface area (Å²) in [6.07, 6.45) is 2.22. The molecule has 1 aromatic carbocycles. The number of phenols is 2. The van der Waals surface area contributed by atoms with Crippen LogP contribution in [0.15, 0.2) is 15.3 Å². The van der Waals surface area contributed by atoms with Crippen molar-refractivity contribution in [3.8, 4) is 23.2 Å². The zero-order valence-electron chi connectivity index (χ0n) is 22.7. The van der Waals surface area contributed by atoms with Gasteiger partial charge in [0.1, 0.15) is 34.0 Å². The Morgan fingerprint density at radius 1 is 1.18 bits per heavy atom. The minimum atomic E-state index is -1.50. The number of rotatable bonds is 4. The van der Waals surface area contributed by atoms with E-state index < -0.39 is 34.0 Å². The van der Waals surface area contributed by atoms with Gasteiger partial charge in [0.05, 0.1) is 22.5 Å². The van der Waals surface area contributed by atoms with Crippen LogP contribution in [-0.2, 0) is 19.0 Å². The molecule has 1 aliphatic carbocycles. The molecule has 13 heteroatoms. The maximum atomic E-state index is 14.3. The molecule has 40 heavy (non-hydrogen) atoms. The van der Waals surface area contributed by atoms with Gasteiger partial charge in [0, 0.05) is 25.2 Å². The molecule has 1 unspecified atom stereocenters. The minimum absolute atomic E-state index is 0.0603. The molecule has 0 radical (unpaired) electrons. The predicted molar refractivity (Wildman–Crippen MR) is 143 cm³/mol. The van der Waals surface area contributed by atoms with Crippen molar-refractivity contribution in [2.75, 3.05) is 0 Å². The second-order valence-electron chi connectivity index (χ2n) is 10.3. The average Bonchev–Trinajstić information content (AvgIpc) is 3.52. The van der Waals surface area contributed by atoms with Crippen molar-refractivity contribution in [1.29, 1.82) is 0 Å². The van der Waals surface area contributed by atoms with Gasteiger partial charge in [0.15, 0.2) is 22.7 Å². The number of fused-ring (bicyclic) bond motifs is 5. The normalized spacial score (nSPS) is 17.4. The predicted octanol–water partition coefficient (Wildman–Crippen LogP) is 2.14. The quantitative estimate of drug-likeness (QED) is 0.324. The molecule has 1 atom stereocenters. The van der Waals surface area contributed by atoms with Crippen molar-refractivity contribution < 1.29 is 24.5 Å². The monoisotopic (exact) mass is 546 g/mol. The van der Waals surface area contributed by atoms with Crippen molar-refractivity contribution >= 4 is 28.8 Å². The van der Waals surface area contributed by atoms with Crippen molar-refractivity contribution in [3.05, 3.63) is 60.2 Å². The van der Waals surface area contributed by atoms with Gasteiger partial charge >= 0.3 is 5.69 Å². The van der Waals surface area contributed by atoms with E-state index in [0.29, 0.717) is 24.4 Å². The topological polar surface area (TPSA) is 174 Å². The summed E-state index contributed by atoms with van der Waals surface area (Å²) >= 11 is 0. The molecule has 0 saturated carbocycles. The molecule has 1 aliphatic heterocycles. The Morgan fingerprint density at radius 3 is 2.52 bits per heavy atom. The number of carbonyl (C=O) groups is 2. The highest BCUT2D eigenvalue weighted by Gasteiger charge is 2.55. The highest BCUT2D eigenvalue weighted by Crippen LogP contribution is 2.58. The van der Waals surface area contributed by atoms with Crippen LogP contribution in [0.5, 0.6) is 17.2 Å². The van der Waals surface area contributed by atoms with Crippen LogP contribution in [0.1, 0.15) is 70.4 Å². The lowest BCUT2D eigenvalue weighted by molar-refractivity contribution is 0.0905. The van der Waals surface area contributed by atoms with Crippen molar-refractivity contribution in [2.24, 2.45) is 7.05 Å². The Bertz CT molecular complexity index is 2000. The van der Waals surface area contributed by atoms with E-state index in [1.54, 1.807) is 24.5 Å². The first-order valence-electron chi connectivity index (χ1n) is 12.7. The molecule has 3 N–H and O–H groups in total. The zero-order chi connectivity index (χ0) is 29.0. The lowest BCUT2D eigenvalue weighted by Gasteiger charge is -2.27. The Morgan fingerprint density at radius 2 is 1.88 bits per heavy atom. The molecule has 0 fully saturated rings. The maximum Gasteiger partial charge on any atom is 0.329 e. The van der Waals surface area contributed by atoms with Gasteiger partial charge in [0.2, 0.25) is 5.95 Å². The van der Waals surface area contributed by atoms with Gasteiger partial charge in [-0.25, -0.2) is 4.79 Å². The average molecular weight is 547 g/mol. The molecule has 13 nitrogen and oxygen atoms in total. The van der Waals surface area contributed by atoms with Crippen LogP contribution in [0.2, 0.25) is 0 Å². The van der Waals surface area contributed by atoms with Crippen LogP contribution in [0.4, 0.5) is 0 Å². The largest absolute Gasteiger partial charge is 0.507 e. The minimum Gasteiger partial charge on any atom is -0.507 e. The van der Waals surface area contributed by atoms with E-state index >= 15 is 0 Å². The molecule has 2 aliphatic rings. The smallest absolute Gasteiger partial charge is 0.329 e. The lowest BCUT2D eigenvalue weighted by Crippen LogP contribution is -2.36. The Hall–Kier alpha value is -4.94. The third kappa shape index (κ3) is 2.91. The molecular weight excluding hydrogens is 520 g/mol. The number of aromatic nitrogens is 6. The molecule has 6 rings (SSSR count). The number of Topliss-reactive ketones (excluding diaryl/α,β-unsaturated/α-hetero) is 2. The lowest BCUT2D eigenvalue weighted by atomic mass is 9.71. The number of ether oxygens (including phenoxy) is 1. The first-order chi connectivity index (χ1) is 18.8. The molecular formula is C27H26N6O7. The number of benzene rings is 1. The Labute approximate surface area is 226 Å². The first kappa shape index (κ1) is 25.3. The summed E-state index contributed by atoms with van der Waals surface area (Å²) < 4.78 is 10.4. The summed E-state index contributed by atoms with van der Waals surface area (Å²) in [7, 11) is 1.49. The third-order valence-corrected chi connectivity index (χ3v) is 7.86. The number of aryl methyl sites for hydroxylation is 3. The summed E-state index contributed by atoms with van der Waals surface area (Å²) in [6, 6.07) is 0. The fraction of sp³-hybridized carbons (Fsp3) is 0.333. The molecule has 3 aromatic heterocycles. The number of ketones is 2. The van der Waals surface area contributed by atoms with Crippen LogP contribution in [-0.4, -0.2) is 50.7 Å². The molecule has 0 bridgehead atoms. The molecule has 4 aromatic rings. The fourth-order valence-corrected chi connectivity index (χ4v) is 5.76. The second kappa shape index (κ2) is 8.04. The van der Waals surface area contributed by atoms with E-state index in [1.165, 1.54) is 30.1 Å². The number of nitrogens with one attached hydrogen (secondary N) is 1. The number of hydrogen-bond acceptors (Lipinski definition) is 9. The molecule has 0 amide bonds. The van der Waals surface area contributed by atoms with Crippen LogP contribution in [0, 0.1) is 13.8 Å². The van der Waals surface area contributed by atoms with Crippen molar-refractivity contribution in [2.45, 2.75) is 53.0 Å². The number of phenolic OH excluding ortho intramolecular Hbond substituents is 2. The van der Waals surface area contributed by atoms with Crippen LogP contribution >= 0.6 is 0 Å². The Balaban J connectivity index is 1.66. The molecule has 0 spiro atoms. The number of carbonyl (C=O) groups excluding carboxylic acids is 2. The first-order valence-corrected chi connectivity index (χ1v) is 12.7. The van der Waals surface area contributed by atoms with Crippen LogP contribution in [0.25, 0.3) is 23.2 Å². The SMILES string of the molecule is CCCn1c(-n2nc(C)c3c2C=C2Oc4c(C(C)=O)c(O)c(C)c(O)c4C2(C)C3=O)nc2c1c(=O)[nH]c(=O)n2C. The highest BCUT2D eigenvalue weighted by atomic mass is 16.5. The number of hydrogen-bond donors (Lipinski definition) is 3. The summed E-state index contributed by atoms with van der Waals surface area (Å²) in [5.41, 5.74) is -1.40. The summed E-state index contributed by atoms with van der Waals surface area (Å²) in [6.45, 7) is 8.27. The van der Waals surface area contributed by atoms with Gasteiger partial charge in [-0.15, -0.1) is 0 Å². The van der Waals surface area contributed by atoms with E-state index in [2.05, 4.69) is 15.1 Å². The number of allylic oxidation sites excluding steroid dienone is 1. The summed E-state index contributed by atoms with van der Waals surface area (Å²) in [5.74, 6) is -1.39. The van der Waals surface area contributed by atoms with Gasteiger partial charge in [-0.05, 0) is 34.1 Å². The molecule has 4 heterocycles. The van der Waals surface area contributed by atoms with Crippen molar-refractivity contribution in [3.63, 3.8) is 0 Å². The number of H-pyrrole nitrogens is 1. The molecule has 206 valence electrons. The van der Waals surface area contributed by atoms with Gasteiger partial charge < -0.3 is 19.5 Å². The number of nitrogens with zero attached hydrogens (tertiary/aromatic N) is 5. The third-order valence-electron chi connectivity index (χ3n) is 7.86. The summed E-state index contributed by atoms with van der Waals surface area (Å²) in [5, 5.41) is 26.3. The second-order valence-corrected chi connectivity index (χ2v) is 10.3. The van der Waals surface area contributed by atoms with Crippen LogP contribution < -0.4 is 16.0 Å². The maximum absolute atomic E-state index is 14.3. The van der Waals surface area contributed by atoms with E-state index in [9.17, 15) is 29.4 Å². The van der Waals surface area contributed by atoms with Crippen molar-refractivity contribution in [1.82, 2.24) is 28.9 Å². The van der Waals surface area contributed by atoms with E-state index in [0.717, 1.165) is 0 Å². The molecule has 0 saturated heterocycles. The number of aromatic hydroxyl groups is 2. The summed E-state index contributed by atoms with van der Waals surface area (Å²) in [4.78, 5) is 58.7. The zero-order valence-corrected chi connectivity index (χ0v) is 22.7. The fourth-order valence-electron chi connectivity index (χ4n) is 5.76. The van der Waals surface area contributed by atoms with Crippen LogP contribution in [0.3, 0.4) is 0 Å². The highest BCUT2D eigenvalue weighted by molar-refractivity contribution is 6.14. The van der Waals surface area contributed by atoms with Gasteiger partial charge in [-0.2, -0.15) is 14.8 Å². The Kier molecular flexibility index (Phi) is 5.09. The van der Waals surface area contributed by atoms with E-state index in [-0.39, 0.29) is 56.6 Å². The van der Waals surface area contributed by atoms with Gasteiger partial charge in [-0.1, -0.05) is 6.92 Å².